The number of rotatable bonds is 9. The van der Waals surface area contributed by atoms with Crippen molar-refractivity contribution in [2.45, 2.75) is 30.5 Å². The largest absolute Gasteiger partial charge is 0.477 e. The van der Waals surface area contributed by atoms with Crippen LogP contribution in [0.1, 0.15) is 10.4 Å². The number of aliphatic hydroxyl groups is 6. The Balaban J connectivity index is 0.000000331. The number of likely N-dealkylation sites (N-methyl/N-ethyl adjacent to an activating group) is 1. The summed E-state index contributed by atoms with van der Waals surface area (Å²) >= 11 is 6.36. The van der Waals surface area contributed by atoms with Gasteiger partial charge in [-0.25, -0.2) is 22.9 Å². The molecule has 236 valence electrons. The summed E-state index contributed by atoms with van der Waals surface area (Å²) in [5, 5.41) is 65.5. The average Bonchev–Trinajstić information content (AvgIpc) is 2.93. The first-order valence-electron chi connectivity index (χ1n) is 12.5. The Morgan fingerprint density at radius 2 is 1.72 bits per heavy atom. The first kappa shape index (κ1) is 33.9. The van der Waals surface area contributed by atoms with E-state index in [1.807, 2.05) is 0 Å². The number of pyridine rings is 2. The van der Waals surface area contributed by atoms with Crippen LogP contribution in [0.2, 0.25) is 5.02 Å². The summed E-state index contributed by atoms with van der Waals surface area (Å²) in [5.74, 6) is -6.27. The molecular formula is C25H29ClF3N5O9. The van der Waals surface area contributed by atoms with Gasteiger partial charge < -0.3 is 51.7 Å². The van der Waals surface area contributed by atoms with Gasteiger partial charge in [0.25, 0.3) is 0 Å². The molecule has 3 heterocycles. The number of β-amino-alcohol motifs (C(OH)–C–C–N with tert-alkyl or cyclic N) is 1. The van der Waals surface area contributed by atoms with E-state index in [0.29, 0.717) is 6.07 Å². The summed E-state index contributed by atoms with van der Waals surface area (Å²) in [4.78, 5) is 29.1. The lowest BCUT2D eigenvalue weighted by Crippen LogP contribution is -2.51. The van der Waals surface area contributed by atoms with E-state index in [1.165, 1.54) is 4.90 Å². The van der Waals surface area contributed by atoms with Gasteiger partial charge in [-0.1, -0.05) is 11.6 Å². The molecule has 1 aliphatic heterocycles. The molecule has 4 rings (SSSR count). The van der Waals surface area contributed by atoms with Gasteiger partial charge in [0.2, 0.25) is 5.43 Å². The lowest BCUT2D eigenvalue weighted by molar-refractivity contribution is -0.113. The fourth-order valence-corrected chi connectivity index (χ4v) is 4.59. The van der Waals surface area contributed by atoms with Crippen LogP contribution in [-0.4, -0.2) is 115 Å². The molecule has 1 aliphatic rings. The van der Waals surface area contributed by atoms with Crippen molar-refractivity contribution < 1.29 is 53.7 Å². The number of hydrogen-bond acceptors (Lipinski definition) is 12. The monoisotopic (exact) mass is 635 g/mol. The highest BCUT2D eigenvalue weighted by Gasteiger charge is 2.32. The van der Waals surface area contributed by atoms with E-state index in [0.717, 1.165) is 16.8 Å². The molecule has 1 saturated heterocycles. The molecule has 0 aliphatic carbocycles. The molecule has 1 aromatic carbocycles. The Morgan fingerprint density at radius 1 is 1.12 bits per heavy atom. The quantitative estimate of drug-likeness (QED) is 0.131. The van der Waals surface area contributed by atoms with Crippen molar-refractivity contribution in [2.24, 2.45) is 0 Å². The lowest BCUT2D eigenvalue weighted by atomic mass is 10.0. The minimum absolute atomic E-state index is 0.0652. The van der Waals surface area contributed by atoms with Gasteiger partial charge in [0.05, 0.1) is 40.4 Å². The van der Waals surface area contributed by atoms with E-state index in [-0.39, 0.29) is 35.9 Å². The van der Waals surface area contributed by atoms with E-state index in [1.54, 1.807) is 7.05 Å². The number of aromatic nitrogens is 2. The van der Waals surface area contributed by atoms with Gasteiger partial charge >= 0.3 is 5.97 Å². The molecule has 0 radical (unpaired) electrons. The summed E-state index contributed by atoms with van der Waals surface area (Å²) in [5.41, 5.74) is 3.13. The van der Waals surface area contributed by atoms with Crippen molar-refractivity contribution in [1.29, 1.82) is 0 Å². The minimum atomic E-state index is -1.65. The molecule has 18 heteroatoms. The van der Waals surface area contributed by atoms with Gasteiger partial charge in [0.15, 0.2) is 23.3 Å². The zero-order chi connectivity index (χ0) is 32.3. The maximum Gasteiger partial charge on any atom is 0.341 e. The lowest BCUT2D eigenvalue weighted by Gasteiger charge is -2.38. The van der Waals surface area contributed by atoms with E-state index in [4.69, 9.17) is 37.8 Å². The number of carbonyl (C=O) groups is 1. The summed E-state index contributed by atoms with van der Waals surface area (Å²) in [6.45, 7) is -0.438. The topological polar surface area (TPSA) is 235 Å². The van der Waals surface area contributed by atoms with E-state index in [9.17, 15) is 38.1 Å². The molecule has 0 amide bonds. The number of aliphatic hydroxyl groups excluding tert-OH is 6. The second-order valence-electron chi connectivity index (χ2n) is 9.54. The number of carboxylic acid groups (broad SMARTS) is 1. The molecule has 1 fully saturated rings. The van der Waals surface area contributed by atoms with Crippen molar-refractivity contribution in [3.63, 3.8) is 0 Å². The zero-order valence-electron chi connectivity index (χ0n) is 22.3. The molecule has 2 aromatic heterocycles. The molecular weight excluding hydrogens is 607 g/mol. The first-order valence-corrected chi connectivity index (χ1v) is 12.9. The van der Waals surface area contributed by atoms with Gasteiger partial charge in [0, 0.05) is 31.9 Å². The Morgan fingerprint density at radius 3 is 2.26 bits per heavy atom. The minimum Gasteiger partial charge on any atom is -0.477 e. The van der Waals surface area contributed by atoms with Gasteiger partial charge in [-0.05, 0) is 13.1 Å². The number of halogens is 4. The molecule has 0 saturated carbocycles. The molecule has 0 spiro atoms. The fraction of sp³-hybridized carbons (Fsp3) is 0.400. The number of nitrogens with two attached hydrogens (primary N) is 1. The molecule has 4 atom stereocenters. The van der Waals surface area contributed by atoms with Gasteiger partial charge in [0.1, 0.15) is 29.7 Å². The summed E-state index contributed by atoms with van der Waals surface area (Å²) < 4.78 is 43.6. The highest BCUT2D eigenvalue weighted by Crippen LogP contribution is 2.38. The number of aromatic carboxylic acids is 1. The Bertz CT molecular complexity index is 1560. The van der Waals surface area contributed by atoms with Gasteiger partial charge in [-0.15, -0.1) is 0 Å². The molecule has 0 unspecified atom stereocenters. The van der Waals surface area contributed by atoms with Crippen LogP contribution in [0.25, 0.3) is 16.7 Å². The first-order chi connectivity index (χ1) is 20.1. The molecule has 43 heavy (non-hydrogen) atoms. The third-order valence-corrected chi connectivity index (χ3v) is 6.83. The molecule has 10 N–H and O–H groups in total. The van der Waals surface area contributed by atoms with Gasteiger partial charge in [-0.3, -0.25) is 9.36 Å². The Kier molecular flexibility index (Phi) is 10.9. The zero-order valence-corrected chi connectivity index (χ0v) is 23.1. The van der Waals surface area contributed by atoms with Crippen LogP contribution in [0.15, 0.2) is 23.1 Å². The standard InChI is InChI=1S/C18H12ClF3N4O4.C7H17NO5/c19-12-13-7(1-9(20)14(12)25-3-6(27)4-25)15(28)8(18(29)30)5-26(13)17-11(22)2-10(21)16(23)24-17;1-8-2-4(10)6(12)7(13)5(11)3-9/h1-2,5-6,27H,3-4H2,(H2,23,24)(H,29,30);4-13H,2-3H2,1H3/t;4-,5+,6+,7+/m.1/s1. The second-order valence-corrected chi connectivity index (χ2v) is 9.92. The number of nitrogen functional groups attached to an aromatic ring is 1. The van der Waals surface area contributed by atoms with Crippen molar-refractivity contribution in [1.82, 2.24) is 14.9 Å². The van der Waals surface area contributed by atoms with Crippen molar-refractivity contribution in [3.05, 3.63) is 56.6 Å². The van der Waals surface area contributed by atoms with Gasteiger partial charge in [-0.2, -0.15) is 0 Å². The molecule has 0 bridgehead atoms. The van der Waals surface area contributed by atoms with Crippen LogP contribution >= 0.6 is 11.6 Å². The number of nitrogens with zero attached hydrogens (tertiary/aromatic N) is 3. The smallest absolute Gasteiger partial charge is 0.341 e. The number of fused-ring (bicyclic) bond motifs is 1. The summed E-state index contributed by atoms with van der Waals surface area (Å²) in [6.07, 6.45) is -5.59. The van der Waals surface area contributed by atoms with E-state index in [2.05, 4.69) is 10.3 Å². The number of nitrogens with one attached hydrogen (secondary N) is 1. The highest BCUT2D eigenvalue weighted by molar-refractivity contribution is 6.38. The van der Waals surface area contributed by atoms with Crippen molar-refractivity contribution >= 4 is 40.0 Å². The van der Waals surface area contributed by atoms with E-state index >= 15 is 0 Å². The van der Waals surface area contributed by atoms with Crippen molar-refractivity contribution in [3.8, 4) is 5.82 Å². The van der Waals surface area contributed by atoms with Crippen LogP contribution < -0.4 is 21.4 Å². The van der Waals surface area contributed by atoms with E-state index < -0.39 is 88.6 Å². The molecule has 14 nitrogen and oxygen atoms in total. The van der Waals surface area contributed by atoms with Crippen LogP contribution in [0.5, 0.6) is 0 Å². The Hall–Kier alpha value is -3.55. The second kappa shape index (κ2) is 13.8. The summed E-state index contributed by atoms with van der Waals surface area (Å²) in [7, 11) is 1.57. The van der Waals surface area contributed by atoms with Crippen LogP contribution in [0.3, 0.4) is 0 Å². The predicted octanol–water partition coefficient (Wildman–Crippen LogP) is -1.44. The molecule has 3 aromatic rings. The van der Waals surface area contributed by atoms with Crippen LogP contribution in [-0.2, 0) is 0 Å². The number of anilines is 2. The van der Waals surface area contributed by atoms with Crippen LogP contribution in [0, 0.1) is 17.5 Å². The summed E-state index contributed by atoms with van der Waals surface area (Å²) in [6, 6.07) is 1.21. The number of carboxylic acids is 1. The third-order valence-electron chi connectivity index (χ3n) is 6.47. The third kappa shape index (κ3) is 7.00. The number of benzene rings is 1. The maximum atomic E-state index is 14.8. The average molecular weight is 636 g/mol. The van der Waals surface area contributed by atoms with Crippen molar-refractivity contribution in [2.75, 3.05) is 43.9 Å². The highest BCUT2D eigenvalue weighted by atomic mass is 35.5. The predicted molar refractivity (Wildman–Crippen MR) is 147 cm³/mol. The normalized spacial score (nSPS) is 16.2. The van der Waals surface area contributed by atoms with Crippen LogP contribution in [0.4, 0.5) is 24.7 Å². The SMILES string of the molecule is CNC[C@@H](O)[C@H](O)[C@@H](O)[C@@H](O)CO.Nc1nc(-n2cc(C(=O)O)c(=O)c3cc(F)c(N4CC(O)C4)c(Cl)c32)c(F)cc1F. The fourth-order valence-electron chi connectivity index (χ4n) is 4.18. The maximum absolute atomic E-state index is 14.8. The Labute approximate surface area is 245 Å². The number of hydrogen-bond donors (Lipinski definition) is 9.